The van der Waals surface area contributed by atoms with Crippen molar-refractivity contribution in [3.8, 4) is 11.4 Å². The van der Waals surface area contributed by atoms with Crippen LogP contribution in [0.1, 0.15) is 11.3 Å². The topological polar surface area (TPSA) is 56.3 Å². The van der Waals surface area contributed by atoms with Crippen LogP contribution in [-0.4, -0.2) is 22.9 Å². The van der Waals surface area contributed by atoms with Crippen LogP contribution in [0.15, 0.2) is 54.6 Å². The van der Waals surface area contributed by atoms with Gasteiger partial charge in [0.15, 0.2) is 0 Å². The highest BCUT2D eigenvalue weighted by Gasteiger charge is 2.20. The van der Waals surface area contributed by atoms with Crippen LogP contribution in [0.2, 0.25) is 0 Å². The average Bonchev–Trinajstić information content (AvgIpc) is 2.97. The molecule has 5 heteroatoms. The summed E-state index contributed by atoms with van der Waals surface area (Å²) in [5.74, 6) is 1.47. The lowest BCUT2D eigenvalue weighted by atomic mass is 10.1. The van der Waals surface area contributed by atoms with Crippen LogP contribution < -0.4 is 15.4 Å². The smallest absolute Gasteiger partial charge is 0.146 e. The average molecular weight is 320 g/mol. The predicted molar refractivity (Wildman–Crippen MR) is 95.7 cm³/mol. The molecule has 1 aliphatic rings. The van der Waals surface area contributed by atoms with Crippen LogP contribution in [0, 0.1) is 6.92 Å². The summed E-state index contributed by atoms with van der Waals surface area (Å²) < 4.78 is 7.69. The van der Waals surface area contributed by atoms with Crippen molar-refractivity contribution in [2.24, 2.45) is 0 Å². The van der Waals surface area contributed by atoms with Gasteiger partial charge in [0.25, 0.3) is 0 Å². The fraction of sp³-hybridized carbons (Fsp3) is 0.211. The number of hydrogen-bond donors (Lipinski definition) is 1. The number of anilines is 2. The molecule has 0 atom stereocenters. The predicted octanol–water partition coefficient (Wildman–Crippen LogP) is 3.16. The van der Waals surface area contributed by atoms with Gasteiger partial charge in [-0.3, -0.25) is 0 Å². The molecule has 5 nitrogen and oxygen atoms in total. The lowest BCUT2D eigenvalue weighted by Gasteiger charge is -2.31. The van der Waals surface area contributed by atoms with Crippen LogP contribution >= 0.6 is 0 Å². The van der Waals surface area contributed by atoms with E-state index in [1.165, 1.54) is 5.56 Å². The molecule has 1 aliphatic heterocycles. The number of nitrogens with two attached hydrogens (primary N) is 1. The van der Waals surface area contributed by atoms with Gasteiger partial charge in [-0.25, -0.2) is 4.68 Å². The van der Waals surface area contributed by atoms with E-state index in [1.54, 1.807) is 0 Å². The summed E-state index contributed by atoms with van der Waals surface area (Å²) in [6.45, 7) is 4.36. The minimum absolute atomic E-state index is 0.534. The number of fused-ring (bicyclic) bond motifs is 1. The highest BCUT2D eigenvalue weighted by atomic mass is 16.5. The molecule has 0 amide bonds. The number of aromatic nitrogens is 2. The number of hydrogen-bond acceptors (Lipinski definition) is 4. The van der Waals surface area contributed by atoms with E-state index in [2.05, 4.69) is 29.1 Å². The molecule has 2 heterocycles. The molecule has 0 bridgehead atoms. The number of para-hydroxylation sites is 1. The Bertz CT molecular complexity index is 857. The Morgan fingerprint density at radius 2 is 1.96 bits per heavy atom. The fourth-order valence-corrected chi connectivity index (χ4v) is 3.09. The van der Waals surface area contributed by atoms with E-state index in [1.807, 2.05) is 47.1 Å². The molecule has 0 spiro atoms. The first-order valence-corrected chi connectivity index (χ1v) is 8.09. The van der Waals surface area contributed by atoms with Crippen LogP contribution in [0.5, 0.6) is 5.75 Å². The van der Waals surface area contributed by atoms with E-state index in [0.717, 1.165) is 35.9 Å². The summed E-state index contributed by atoms with van der Waals surface area (Å²) >= 11 is 0. The fourth-order valence-electron chi connectivity index (χ4n) is 3.09. The van der Waals surface area contributed by atoms with E-state index in [-0.39, 0.29) is 0 Å². The van der Waals surface area contributed by atoms with Gasteiger partial charge in [-0.2, -0.15) is 5.10 Å². The maximum Gasteiger partial charge on any atom is 0.146 e. The maximum atomic E-state index is 5.97. The number of benzene rings is 2. The molecule has 3 aromatic rings. The zero-order chi connectivity index (χ0) is 16.5. The van der Waals surface area contributed by atoms with Crippen molar-refractivity contribution in [3.63, 3.8) is 0 Å². The Morgan fingerprint density at radius 1 is 1.12 bits per heavy atom. The molecule has 1 aromatic heterocycles. The van der Waals surface area contributed by atoms with Gasteiger partial charge in [-0.1, -0.05) is 24.3 Å². The zero-order valence-electron chi connectivity index (χ0n) is 13.6. The van der Waals surface area contributed by atoms with Crippen molar-refractivity contribution in [3.05, 3.63) is 65.9 Å². The SMILES string of the molecule is Cc1ccc2c(c1)N(Cc1cc(N)nn1-c1ccccc1)CCO2. The van der Waals surface area contributed by atoms with Crippen molar-refractivity contribution in [1.29, 1.82) is 0 Å². The van der Waals surface area contributed by atoms with Crippen molar-refractivity contribution < 1.29 is 4.74 Å². The zero-order valence-corrected chi connectivity index (χ0v) is 13.6. The summed E-state index contributed by atoms with van der Waals surface area (Å²) in [6, 6.07) is 18.3. The molecule has 24 heavy (non-hydrogen) atoms. The summed E-state index contributed by atoms with van der Waals surface area (Å²) in [5, 5.41) is 4.46. The number of aryl methyl sites for hydroxylation is 1. The van der Waals surface area contributed by atoms with Crippen molar-refractivity contribution in [2.75, 3.05) is 23.8 Å². The maximum absolute atomic E-state index is 5.97. The first kappa shape index (κ1) is 14.6. The molecule has 0 fully saturated rings. The normalized spacial score (nSPS) is 13.5. The Kier molecular flexibility index (Phi) is 3.61. The first-order chi connectivity index (χ1) is 11.7. The molecule has 2 aromatic carbocycles. The minimum Gasteiger partial charge on any atom is -0.490 e. The third-order valence-electron chi connectivity index (χ3n) is 4.23. The largest absolute Gasteiger partial charge is 0.490 e. The molecule has 4 rings (SSSR count). The molecule has 0 aliphatic carbocycles. The first-order valence-electron chi connectivity index (χ1n) is 8.09. The van der Waals surface area contributed by atoms with E-state index in [4.69, 9.17) is 10.5 Å². The highest BCUT2D eigenvalue weighted by Crippen LogP contribution is 2.33. The summed E-state index contributed by atoms with van der Waals surface area (Å²) in [4.78, 5) is 2.32. The summed E-state index contributed by atoms with van der Waals surface area (Å²) in [5.41, 5.74) is 10.4. The second-order valence-electron chi connectivity index (χ2n) is 6.05. The van der Waals surface area contributed by atoms with Crippen molar-refractivity contribution >= 4 is 11.5 Å². The number of ether oxygens (including phenoxy) is 1. The van der Waals surface area contributed by atoms with E-state index in [0.29, 0.717) is 12.4 Å². The number of nitrogen functional groups attached to an aromatic ring is 1. The van der Waals surface area contributed by atoms with Gasteiger partial charge < -0.3 is 15.4 Å². The molecule has 0 unspecified atom stereocenters. The standard InChI is InChI=1S/C19H20N4O/c1-14-7-8-18-17(11-14)22(9-10-24-18)13-16-12-19(20)21-23(16)15-5-3-2-4-6-15/h2-8,11-12H,9-10,13H2,1H3,(H2,20,21). The van der Waals surface area contributed by atoms with Gasteiger partial charge in [0.1, 0.15) is 18.2 Å². The van der Waals surface area contributed by atoms with Crippen molar-refractivity contribution in [1.82, 2.24) is 9.78 Å². The van der Waals surface area contributed by atoms with Gasteiger partial charge in [-0.15, -0.1) is 0 Å². The second kappa shape index (κ2) is 5.92. The monoisotopic (exact) mass is 320 g/mol. The third kappa shape index (κ3) is 2.69. The molecular weight excluding hydrogens is 300 g/mol. The van der Waals surface area contributed by atoms with Crippen LogP contribution in [0.3, 0.4) is 0 Å². The third-order valence-corrected chi connectivity index (χ3v) is 4.23. The van der Waals surface area contributed by atoms with Gasteiger partial charge in [-0.05, 0) is 36.8 Å². The van der Waals surface area contributed by atoms with Gasteiger partial charge in [0, 0.05) is 6.07 Å². The molecule has 2 N–H and O–H groups in total. The summed E-state index contributed by atoms with van der Waals surface area (Å²) in [7, 11) is 0. The number of nitrogens with zero attached hydrogens (tertiary/aromatic N) is 3. The van der Waals surface area contributed by atoms with Crippen molar-refractivity contribution in [2.45, 2.75) is 13.5 Å². The lowest BCUT2D eigenvalue weighted by molar-refractivity contribution is 0.306. The number of rotatable bonds is 3. The van der Waals surface area contributed by atoms with E-state index >= 15 is 0 Å². The Morgan fingerprint density at radius 3 is 2.79 bits per heavy atom. The highest BCUT2D eigenvalue weighted by molar-refractivity contribution is 5.61. The lowest BCUT2D eigenvalue weighted by Crippen LogP contribution is -2.33. The van der Waals surface area contributed by atoms with E-state index in [9.17, 15) is 0 Å². The Hall–Kier alpha value is -2.95. The van der Waals surface area contributed by atoms with E-state index < -0.39 is 0 Å². The Balaban J connectivity index is 1.69. The Labute approximate surface area is 141 Å². The van der Waals surface area contributed by atoms with Gasteiger partial charge >= 0.3 is 0 Å². The molecule has 0 saturated heterocycles. The summed E-state index contributed by atoms with van der Waals surface area (Å²) in [6.07, 6.45) is 0. The van der Waals surface area contributed by atoms with Crippen LogP contribution in [0.4, 0.5) is 11.5 Å². The van der Waals surface area contributed by atoms with Gasteiger partial charge in [0.05, 0.1) is 30.2 Å². The van der Waals surface area contributed by atoms with Crippen LogP contribution in [-0.2, 0) is 6.54 Å². The molecule has 0 radical (unpaired) electrons. The van der Waals surface area contributed by atoms with Crippen LogP contribution in [0.25, 0.3) is 5.69 Å². The quantitative estimate of drug-likeness (QED) is 0.805. The van der Waals surface area contributed by atoms with Gasteiger partial charge in [0.2, 0.25) is 0 Å². The molecule has 0 saturated carbocycles. The second-order valence-corrected chi connectivity index (χ2v) is 6.05. The molecule has 122 valence electrons. The molecular formula is C19H20N4O. The minimum atomic E-state index is 0.534.